The zero-order chi connectivity index (χ0) is 17.5. The molecule has 0 spiro atoms. The molecule has 0 saturated carbocycles. The van der Waals surface area contributed by atoms with Crippen LogP contribution in [-0.4, -0.2) is 30.6 Å². The number of hydrogen-bond acceptors (Lipinski definition) is 1. The fraction of sp³-hybridized carbons (Fsp3) is 0.739. The van der Waals surface area contributed by atoms with E-state index in [1.807, 2.05) is 0 Å². The Labute approximate surface area is 157 Å². The van der Waals surface area contributed by atoms with Gasteiger partial charge in [0.2, 0.25) is 0 Å². The minimum Gasteiger partial charge on any atom is -0.870 e. The van der Waals surface area contributed by atoms with E-state index in [1.165, 1.54) is 89.2 Å². The first-order chi connectivity index (χ1) is 11.6. The van der Waals surface area contributed by atoms with Crippen molar-refractivity contribution in [3.63, 3.8) is 0 Å². The largest absolute Gasteiger partial charge is 0.870 e. The third-order valence-corrected chi connectivity index (χ3v) is 5.07. The summed E-state index contributed by atoms with van der Waals surface area (Å²) in [6.07, 6.45) is 17.2. The molecule has 0 aliphatic rings. The van der Waals surface area contributed by atoms with E-state index in [9.17, 15) is 0 Å². The van der Waals surface area contributed by atoms with Gasteiger partial charge in [-0.05, 0) is 12.8 Å². The third kappa shape index (κ3) is 14.0. The maximum atomic E-state index is 2.37. The highest BCUT2D eigenvalue weighted by atomic mass is 16.0. The van der Waals surface area contributed by atoms with Gasteiger partial charge in [-0.25, -0.2) is 0 Å². The second kappa shape index (κ2) is 15.4. The molecule has 0 aliphatic heterocycles. The Morgan fingerprint density at radius 3 is 1.56 bits per heavy atom. The molecule has 0 heterocycles. The fourth-order valence-corrected chi connectivity index (χ4v) is 3.54. The lowest BCUT2D eigenvalue weighted by Crippen LogP contribution is -2.39. The number of rotatable bonds is 15. The van der Waals surface area contributed by atoms with Gasteiger partial charge in [0.15, 0.2) is 0 Å². The van der Waals surface area contributed by atoms with E-state index < -0.39 is 0 Å². The molecule has 2 nitrogen and oxygen atoms in total. The minimum absolute atomic E-state index is 0. The summed E-state index contributed by atoms with van der Waals surface area (Å²) in [6.45, 7) is 4.74. The van der Waals surface area contributed by atoms with E-state index in [-0.39, 0.29) is 5.48 Å². The number of quaternary nitrogens is 1. The van der Waals surface area contributed by atoms with E-state index in [2.05, 4.69) is 51.4 Å². The molecule has 1 aromatic carbocycles. The van der Waals surface area contributed by atoms with Crippen LogP contribution in [-0.2, 0) is 6.54 Å². The monoisotopic (exact) mass is 349 g/mol. The van der Waals surface area contributed by atoms with Crippen molar-refractivity contribution in [2.24, 2.45) is 0 Å². The predicted molar refractivity (Wildman–Crippen MR) is 110 cm³/mol. The summed E-state index contributed by atoms with van der Waals surface area (Å²) in [7, 11) is 4.73. The van der Waals surface area contributed by atoms with E-state index in [0.717, 1.165) is 11.0 Å². The van der Waals surface area contributed by atoms with E-state index in [1.54, 1.807) is 0 Å². The lowest BCUT2D eigenvalue weighted by molar-refractivity contribution is -0.903. The summed E-state index contributed by atoms with van der Waals surface area (Å²) < 4.78 is 1.11. The van der Waals surface area contributed by atoms with Gasteiger partial charge < -0.3 is 9.96 Å². The molecule has 0 bridgehead atoms. The first kappa shape index (κ1) is 24.1. The average molecular weight is 350 g/mol. The molecule has 0 aliphatic carbocycles. The van der Waals surface area contributed by atoms with Crippen LogP contribution in [0.15, 0.2) is 30.3 Å². The molecule has 0 fully saturated rings. The Morgan fingerprint density at radius 1 is 0.640 bits per heavy atom. The fourth-order valence-electron chi connectivity index (χ4n) is 3.54. The van der Waals surface area contributed by atoms with Crippen molar-refractivity contribution in [2.75, 3.05) is 20.6 Å². The summed E-state index contributed by atoms with van der Waals surface area (Å²) in [6, 6.07) is 10.9. The Hall–Kier alpha value is -0.860. The third-order valence-electron chi connectivity index (χ3n) is 5.07. The summed E-state index contributed by atoms with van der Waals surface area (Å²) in [4.78, 5) is 0. The molecule has 2 heteroatoms. The van der Waals surface area contributed by atoms with E-state index in [4.69, 9.17) is 0 Å². The minimum atomic E-state index is 0. The Kier molecular flexibility index (Phi) is 14.9. The molecular formula is C23H43NO. The van der Waals surface area contributed by atoms with Crippen LogP contribution in [0, 0.1) is 0 Å². The molecule has 0 unspecified atom stereocenters. The summed E-state index contributed by atoms with van der Waals surface area (Å²) >= 11 is 0. The van der Waals surface area contributed by atoms with Crippen LogP contribution >= 0.6 is 0 Å². The molecule has 146 valence electrons. The summed E-state index contributed by atoms with van der Waals surface area (Å²) in [5.74, 6) is 0. The summed E-state index contributed by atoms with van der Waals surface area (Å²) in [5.41, 5.74) is 1.46. The maximum absolute atomic E-state index is 2.37. The van der Waals surface area contributed by atoms with Gasteiger partial charge in [-0.1, -0.05) is 101 Å². The molecule has 1 rings (SSSR count). The highest BCUT2D eigenvalue weighted by Gasteiger charge is 2.14. The highest BCUT2D eigenvalue weighted by molar-refractivity contribution is 5.13. The summed E-state index contributed by atoms with van der Waals surface area (Å²) in [5, 5.41) is 0. The number of unbranched alkanes of at least 4 members (excludes halogenated alkanes) is 11. The quantitative estimate of drug-likeness (QED) is 0.253. The normalized spacial score (nSPS) is 11.3. The average Bonchev–Trinajstić information content (AvgIpc) is 2.56. The molecule has 0 atom stereocenters. The zero-order valence-electron chi connectivity index (χ0n) is 17.2. The standard InChI is InChI=1S/C23H42N.H2O/c1-4-5-6-7-8-9-10-11-12-13-14-18-21-24(2,3)22-23-19-16-15-17-20-23;/h15-17,19-20H,4-14,18,21-22H2,1-3H3;1H2/q+1;/p-1. The molecule has 1 N–H and O–H groups in total. The van der Waals surface area contributed by atoms with Crippen LogP contribution < -0.4 is 0 Å². The molecule has 1 aromatic rings. The van der Waals surface area contributed by atoms with Crippen LogP contribution in [0.5, 0.6) is 0 Å². The number of benzene rings is 1. The lowest BCUT2D eigenvalue weighted by Gasteiger charge is -2.30. The van der Waals surface area contributed by atoms with Crippen molar-refractivity contribution in [2.45, 2.75) is 90.5 Å². The number of nitrogens with zero attached hydrogens (tertiary/aromatic N) is 1. The predicted octanol–water partition coefficient (Wildman–Crippen LogP) is 6.79. The van der Waals surface area contributed by atoms with Crippen molar-refractivity contribution in [3.8, 4) is 0 Å². The maximum Gasteiger partial charge on any atom is 0.104 e. The van der Waals surface area contributed by atoms with Gasteiger partial charge in [0, 0.05) is 5.56 Å². The number of hydrogen-bond donors (Lipinski definition) is 0. The molecule has 25 heavy (non-hydrogen) atoms. The van der Waals surface area contributed by atoms with Gasteiger partial charge in [-0.2, -0.15) is 0 Å². The first-order valence-corrected chi connectivity index (χ1v) is 10.5. The van der Waals surface area contributed by atoms with Crippen molar-refractivity contribution >= 4 is 0 Å². The Balaban J connectivity index is 0.00000576. The van der Waals surface area contributed by atoms with E-state index >= 15 is 0 Å². The molecular weight excluding hydrogens is 306 g/mol. The second-order valence-electron chi connectivity index (χ2n) is 8.19. The van der Waals surface area contributed by atoms with Crippen LogP contribution in [0.25, 0.3) is 0 Å². The smallest absolute Gasteiger partial charge is 0.104 e. The van der Waals surface area contributed by atoms with Gasteiger partial charge in [0.05, 0.1) is 20.6 Å². The van der Waals surface area contributed by atoms with Crippen LogP contribution in [0.2, 0.25) is 0 Å². The van der Waals surface area contributed by atoms with Gasteiger partial charge in [-0.3, -0.25) is 0 Å². The van der Waals surface area contributed by atoms with Crippen LogP contribution in [0.3, 0.4) is 0 Å². The van der Waals surface area contributed by atoms with Gasteiger partial charge in [-0.15, -0.1) is 0 Å². The molecule has 0 radical (unpaired) electrons. The SMILES string of the molecule is CCCCCCCCCCCCCC[N+](C)(C)Cc1ccccc1.[OH-]. The highest BCUT2D eigenvalue weighted by Crippen LogP contribution is 2.14. The Bertz CT molecular complexity index is 388. The first-order valence-electron chi connectivity index (χ1n) is 10.5. The molecule has 0 saturated heterocycles. The van der Waals surface area contributed by atoms with Gasteiger partial charge in [0.25, 0.3) is 0 Å². The second-order valence-corrected chi connectivity index (χ2v) is 8.19. The zero-order valence-corrected chi connectivity index (χ0v) is 17.2. The Morgan fingerprint density at radius 2 is 1.08 bits per heavy atom. The van der Waals surface area contributed by atoms with Crippen LogP contribution in [0.1, 0.15) is 89.5 Å². The van der Waals surface area contributed by atoms with Crippen molar-refractivity contribution < 1.29 is 9.96 Å². The van der Waals surface area contributed by atoms with Gasteiger partial charge in [0.1, 0.15) is 6.54 Å². The molecule has 0 aromatic heterocycles. The van der Waals surface area contributed by atoms with Crippen molar-refractivity contribution in [1.82, 2.24) is 0 Å². The van der Waals surface area contributed by atoms with Crippen LogP contribution in [0.4, 0.5) is 0 Å². The van der Waals surface area contributed by atoms with Crippen molar-refractivity contribution in [3.05, 3.63) is 35.9 Å². The molecule has 0 amide bonds. The van der Waals surface area contributed by atoms with Crippen molar-refractivity contribution in [1.29, 1.82) is 0 Å². The van der Waals surface area contributed by atoms with E-state index in [0.29, 0.717) is 0 Å². The van der Waals surface area contributed by atoms with Gasteiger partial charge >= 0.3 is 0 Å². The topological polar surface area (TPSA) is 30.0 Å². The lowest BCUT2D eigenvalue weighted by atomic mass is 10.1.